The van der Waals surface area contributed by atoms with Gasteiger partial charge in [0.05, 0.1) is 5.69 Å². The second-order valence-corrected chi connectivity index (χ2v) is 6.48. The molecule has 0 unspecified atom stereocenters. The fraction of sp³-hybridized carbons (Fsp3) is 0. The predicted octanol–water partition coefficient (Wildman–Crippen LogP) is 3.70. The van der Waals surface area contributed by atoms with Crippen LogP contribution in [0.3, 0.4) is 0 Å². The van der Waals surface area contributed by atoms with Crippen LogP contribution in [-0.2, 0) is 10.1 Å². The van der Waals surface area contributed by atoms with Crippen LogP contribution in [0, 0.1) is 0 Å². The summed E-state index contributed by atoms with van der Waals surface area (Å²) in [5.74, 6) is 0.243. The zero-order valence-corrected chi connectivity index (χ0v) is 13.0. The van der Waals surface area contributed by atoms with Gasteiger partial charge in [0.15, 0.2) is 0 Å². The summed E-state index contributed by atoms with van der Waals surface area (Å²) in [6, 6.07) is 22.9. The third kappa shape index (κ3) is 3.35. The molecule has 3 aromatic rings. The van der Waals surface area contributed by atoms with Crippen molar-refractivity contribution in [2.24, 2.45) is 0 Å². The van der Waals surface area contributed by atoms with Crippen LogP contribution in [0.15, 0.2) is 83.8 Å². The van der Waals surface area contributed by atoms with Gasteiger partial charge in [-0.05, 0) is 35.4 Å². The van der Waals surface area contributed by atoms with Gasteiger partial charge in [0.1, 0.15) is 10.6 Å². The summed E-state index contributed by atoms with van der Waals surface area (Å²) in [4.78, 5) is -0.0351. The Hall–Kier alpha value is -2.79. The molecule has 0 aromatic heterocycles. The largest absolute Gasteiger partial charge is 0.398 e. The third-order valence-electron chi connectivity index (χ3n) is 3.36. The quantitative estimate of drug-likeness (QED) is 0.586. The van der Waals surface area contributed by atoms with Crippen molar-refractivity contribution in [3.05, 3.63) is 78.9 Å². The average Bonchev–Trinajstić information content (AvgIpc) is 2.56. The number of rotatable bonds is 4. The van der Waals surface area contributed by atoms with Crippen molar-refractivity contribution < 1.29 is 12.6 Å². The van der Waals surface area contributed by atoms with Gasteiger partial charge in [-0.3, -0.25) is 0 Å². The Morgan fingerprint density at radius 3 is 1.91 bits per heavy atom. The molecule has 0 radical (unpaired) electrons. The van der Waals surface area contributed by atoms with Crippen LogP contribution in [0.25, 0.3) is 11.1 Å². The molecule has 3 aromatic carbocycles. The number of nitrogens with two attached hydrogens (primary N) is 1. The molecule has 4 nitrogen and oxygen atoms in total. The van der Waals surface area contributed by atoms with Crippen molar-refractivity contribution in [3.63, 3.8) is 0 Å². The standard InChI is InChI=1S/C18H15NO3S/c19-17-8-4-5-9-18(17)23(20,21)22-16-12-10-15(11-13-16)14-6-2-1-3-7-14/h1-13H,19H2. The minimum Gasteiger partial charge on any atom is -0.398 e. The fourth-order valence-electron chi connectivity index (χ4n) is 2.21. The van der Waals surface area contributed by atoms with E-state index in [0.29, 0.717) is 0 Å². The van der Waals surface area contributed by atoms with Gasteiger partial charge < -0.3 is 9.92 Å². The minimum atomic E-state index is -3.95. The Labute approximate surface area is 135 Å². The van der Waals surface area contributed by atoms with E-state index in [9.17, 15) is 8.42 Å². The van der Waals surface area contributed by atoms with Crippen LogP contribution >= 0.6 is 0 Å². The van der Waals surface area contributed by atoms with Gasteiger partial charge in [-0.1, -0.05) is 54.6 Å². The van der Waals surface area contributed by atoms with E-state index in [1.807, 2.05) is 42.5 Å². The van der Waals surface area contributed by atoms with Crippen LogP contribution in [0.5, 0.6) is 5.75 Å². The van der Waals surface area contributed by atoms with Crippen molar-refractivity contribution in [2.45, 2.75) is 4.90 Å². The lowest BCUT2D eigenvalue weighted by Gasteiger charge is -2.09. The molecular weight excluding hydrogens is 310 g/mol. The molecule has 2 N–H and O–H groups in total. The van der Waals surface area contributed by atoms with E-state index in [-0.39, 0.29) is 16.3 Å². The summed E-state index contributed by atoms with van der Waals surface area (Å²) in [5, 5.41) is 0. The summed E-state index contributed by atoms with van der Waals surface area (Å²) < 4.78 is 29.7. The van der Waals surface area contributed by atoms with Crippen molar-refractivity contribution >= 4 is 15.8 Å². The van der Waals surface area contributed by atoms with Gasteiger partial charge in [-0.2, -0.15) is 8.42 Å². The highest BCUT2D eigenvalue weighted by atomic mass is 32.2. The van der Waals surface area contributed by atoms with E-state index < -0.39 is 10.1 Å². The van der Waals surface area contributed by atoms with Gasteiger partial charge in [-0.15, -0.1) is 0 Å². The maximum absolute atomic E-state index is 12.3. The van der Waals surface area contributed by atoms with Crippen LogP contribution in [0.2, 0.25) is 0 Å². The normalized spacial score (nSPS) is 11.1. The maximum atomic E-state index is 12.3. The van der Waals surface area contributed by atoms with Crippen LogP contribution in [0.1, 0.15) is 0 Å². The number of para-hydroxylation sites is 1. The lowest BCUT2D eigenvalue weighted by atomic mass is 10.1. The van der Waals surface area contributed by atoms with Crippen molar-refractivity contribution in [3.8, 4) is 16.9 Å². The second-order valence-electron chi connectivity index (χ2n) is 4.97. The van der Waals surface area contributed by atoms with E-state index in [0.717, 1.165) is 11.1 Å². The molecule has 5 heteroatoms. The average molecular weight is 325 g/mol. The van der Waals surface area contributed by atoms with E-state index in [1.54, 1.807) is 24.3 Å². The van der Waals surface area contributed by atoms with E-state index in [4.69, 9.17) is 9.92 Å². The highest BCUT2D eigenvalue weighted by molar-refractivity contribution is 7.87. The summed E-state index contributed by atoms with van der Waals surface area (Å²) in [6.45, 7) is 0. The highest BCUT2D eigenvalue weighted by Crippen LogP contribution is 2.26. The van der Waals surface area contributed by atoms with E-state index in [1.165, 1.54) is 12.1 Å². The van der Waals surface area contributed by atoms with Crippen molar-refractivity contribution in [1.29, 1.82) is 0 Å². The van der Waals surface area contributed by atoms with Gasteiger partial charge >= 0.3 is 10.1 Å². The lowest BCUT2D eigenvalue weighted by molar-refractivity contribution is 0.486. The molecule has 3 rings (SSSR count). The fourth-order valence-corrected chi connectivity index (χ4v) is 3.27. The van der Waals surface area contributed by atoms with E-state index in [2.05, 4.69) is 0 Å². The summed E-state index contributed by atoms with van der Waals surface area (Å²) in [7, 11) is -3.95. The third-order valence-corrected chi connectivity index (χ3v) is 4.68. The monoisotopic (exact) mass is 325 g/mol. The van der Waals surface area contributed by atoms with Crippen molar-refractivity contribution in [1.82, 2.24) is 0 Å². The van der Waals surface area contributed by atoms with E-state index >= 15 is 0 Å². The zero-order chi connectivity index (χ0) is 16.3. The Balaban J connectivity index is 1.85. The second kappa shape index (κ2) is 6.14. The van der Waals surface area contributed by atoms with Crippen LogP contribution < -0.4 is 9.92 Å². The Morgan fingerprint density at radius 2 is 1.26 bits per heavy atom. The SMILES string of the molecule is Nc1ccccc1S(=O)(=O)Oc1ccc(-c2ccccc2)cc1. The Kier molecular flexibility index (Phi) is 4.04. The summed E-state index contributed by atoms with van der Waals surface area (Å²) >= 11 is 0. The summed E-state index contributed by atoms with van der Waals surface area (Å²) in [6.07, 6.45) is 0. The molecule has 0 amide bonds. The van der Waals surface area contributed by atoms with Crippen molar-refractivity contribution in [2.75, 3.05) is 5.73 Å². The molecule has 0 aliphatic heterocycles. The topological polar surface area (TPSA) is 69.4 Å². The smallest absolute Gasteiger partial charge is 0.341 e. The molecule has 0 saturated heterocycles. The zero-order valence-electron chi connectivity index (χ0n) is 12.2. The molecular formula is C18H15NO3S. The van der Waals surface area contributed by atoms with Gasteiger partial charge in [0, 0.05) is 0 Å². The Morgan fingerprint density at radius 1 is 0.696 bits per heavy atom. The molecule has 0 bridgehead atoms. The number of benzene rings is 3. The first-order chi connectivity index (χ1) is 11.1. The minimum absolute atomic E-state index is 0.0351. The van der Waals surface area contributed by atoms with Crippen LogP contribution in [0.4, 0.5) is 5.69 Å². The summed E-state index contributed by atoms with van der Waals surface area (Å²) in [5.41, 5.74) is 7.89. The number of nitrogen functional groups attached to an aromatic ring is 1. The predicted molar refractivity (Wildman–Crippen MR) is 90.5 cm³/mol. The molecule has 23 heavy (non-hydrogen) atoms. The number of anilines is 1. The number of hydrogen-bond donors (Lipinski definition) is 1. The lowest BCUT2D eigenvalue weighted by Crippen LogP contribution is -2.11. The van der Waals surface area contributed by atoms with Crippen LogP contribution in [-0.4, -0.2) is 8.42 Å². The molecule has 0 aliphatic rings. The molecule has 0 saturated carbocycles. The van der Waals surface area contributed by atoms with Gasteiger partial charge in [0.25, 0.3) is 0 Å². The maximum Gasteiger partial charge on any atom is 0.341 e. The molecule has 0 fully saturated rings. The molecule has 0 heterocycles. The number of hydrogen-bond acceptors (Lipinski definition) is 4. The first kappa shape index (κ1) is 15.1. The Bertz CT molecular complexity index is 905. The first-order valence-corrected chi connectivity index (χ1v) is 8.41. The van der Waals surface area contributed by atoms with Gasteiger partial charge in [0.2, 0.25) is 0 Å². The first-order valence-electron chi connectivity index (χ1n) is 7.01. The molecule has 0 aliphatic carbocycles. The highest BCUT2D eigenvalue weighted by Gasteiger charge is 2.19. The van der Waals surface area contributed by atoms with Gasteiger partial charge in [-0.25, -0.2) is 0 Å². The molecule has 0 atom stereocenters. The molecule has 0 spiro atoms. The molecule has 116 valence electrons.